The summed E-state index contributed by atoms with van der Waals surface area (Å²) in [5.74, 6) is 0. The van der Waals surface area contributed by atoms with Crippen LogP contribution in [0.2, 0.25) is 0 Å². The molecule has 0 radical (unpaired) electrons. The van der Waals surface area contributed by atoms with E-state index in [1.54, 1.807) is 0 Å². The molecule has 0 bridgehead atoms. The maximum Gasteiger partial charge on any atom is 0.101 e. The molecule has 1 heterocycles. The smallest absolute Gasteiger partial charge is 0.101 e. The monoisotopic (exact) mass is 413 g/mol. The molecule has 0 amide bonds. The zero-order chi connectivity index (χ0) is 15.6. The molecule has 4 heteroatoms. The summed E-state index contributed by atoms with van der Waals surface area (Å²) in [6.45, 7) is 4.37. The van der Waals surface area contributed by atoms with Gasteiger partial charge < -0.3 is 0 Å². The molecule has 0 atom stereocenters. The molecule has 1 aliphatic heterocycles. The fraction of sp³-hybridized carbons (Fsp3) is 0.667. The van der Waals surface area contributed by atoms with E-state index >= 15 is 0 Å². The van der Waals surface area contributed by atoms with Crippen LogP contribution in [0.25, 0.3) is 0 Å². The summed E-state index contributed by atoms with van der Waals surface area (Å²) in [5, 5.41) is 10.8. The molecule has 22 heavy (non-hydrogen) atoms. The Hall–Kier alpha value is -0.650. The first kappa shape index (κ1) is 17.7. The predicted molar refractivity (Wildman–Crippen MR) is 102 cm³/mol. The zero-order valence-electron chi connectivity index (χ0n) is 13.7. The Kier molecular flexibility index (Phi) is 8.20. The van der Waals surface area contributed by atoms with Crippen LogP contribution in [0, 0.1) is 3.57 Å². The first-order chi connectivity index (χ1) is 10.8. The van der Waals surface area contributed by atoms with Gasteiger partial charge in [0.05, 0.1) is 0 Å². The van der Waals surface area contributed by atoms with Crippen molar-refractivity contribution >= 4 is 28.3 Å². The fourth-order valence-electron chi connectivity index (χ4n) is 2.80. The Labute approximate surface area is 148 Å². The summed E-state index contributed by atoms with van der Waals surface area (Å²) < 4.78 is 1.21. The quantitative estimate of drug-likeness (QED) is 0.266. The Bertz CT molecular complexity index is 467. The van der Waals surface area contributed by atoms with Gasteiger partial charge in [0.15, 0.2) is 0 Å². The van der Waals surface area contributed by atoms with E-state index in [0.29, 0.717) is 0 Å². The Morgan fingerprint density at radius 2 is 1.77 bits per heavy atom. The van der Waals surface area contributed by atoms with E-state index in [1.165, 1.54) is 66.9 Å². The normalized spacial score (nSPS) is 15.1. The molecule has 3 nitrogen and oxygen atoms in total. The number of aryl methyl sites for hydroxylation is 1. The molecule has 0 saturated carbocycles. The van der Waals surface area contributed by atoms with E-state index in [9.17, 15) is 0 Å². The lowest BCUT2D eigenvalue weighted by Crippen LogP contribution is -2.09. The van der Waals surface area contributed by atoms with Crippen LogP contribution in [0.1, 0.15) is 63.9 Å². The average Bonchev–Trinajstić information content (AvgIpc) is 3.03. The van der Waals surface area contributed by atoms with Gasteiger partial charge in [0, 0.05) is 16.7 Å². The van der Waals surface area contributed by atoms with Gasteiger partial charge in [-0.05, 0) is 66.0 Å². The van der Waals surface area contributed by atoms with Crippen LogP contribution in [0.3, 0.4) is 0 Å². The molecule has 122 valence electrons. The van der Waals surface area contributed by atoms with Crippen molar-refractivity contribution < 1.29 is 0 Å². The minimum absolute atomic E-state index is 0.999. The summed E-state index contributed by atoms with van der Waals surface area (Å²) in [7, 11) is 0. The second-order valence-electron chi connectivity index (χ2n) is 6.15. The van der Waals surface area contributed by atoms with E-state index in [-0.39, 0.29) is 0 Å². The Morgan fingerprint density at radius 1 is 1.05 bits per heavy atom. The topological polar surface area (TPSA) is 28.0 Å². The third-order valence-electron chi connectivity index (χ3n) is 4.19. The van der Waals surface area contributed by atoms with Gasteiger partial charge in [-0.2, -0.15) is 0 Å². The Morgan fingerprint density at radius 3 is 2.50 bits per heavy atom. The van der Waals surface area contributed by atoms with Crippen molar-refractivity contribution in [1.82, 2.24) is 5.01 Å². The molecule has 0 unspecified atom stereocenters. The van der Waals surface area contributed by atoms with Crippen LogP contribution >= 0.6 is 22.6 Å². The summed E-state index contributed by atoms with van der Waals surface area (Å²) >= 11 is 2.38. The highest BCUT2D eigenvalue weighted by Gasteiger charge is 2.09. The SMILES string of the molecule is CCCCCCCCc1ccc(N=NN2CCCC2)c(I)c1. The lowest BCUT2D eigenvalue weighted by molar-refractivity contribution is 0.336. The number of benzene rings is 1. The highest BCUT2D eigenvalue weighted by Crippen LogP contribution is 2.24. The highest BCUT2D eigenvalue weighted by atomic mass is 127. The van der Waals surface area contributed by atoms with Crippen LogP contribution in [0.4, 0.5) is 5.69 Å². The molecule has 1 aliphatic rings. The number of rotatable bonds is 9. The van der Waals surface area contributed by atoms with Gasteiger partial charge in [0.25, 0.3) is 0 Å². The van der Waals surface area contributed by atoms with Crippen molar-refractivity contribution in [2.75, 3.05) is 13.1 Å². The fourth-order valence-corrected chi connectivity index (χ4v) is 3.49. The van der Waals surface area contributed by atoms with E-state index in [2.05, 4.69) is 63.1 Å². The summed E-state index contributed by atoms with van der Waals surface area (Å²) in [4.78, 5) is 0. The van der Waals surface area contributed by atoms with Crippen molar-refractivity contribution in [1.29, 1.82) is 0 Å². The molecular weight excluding hydrogens is 385 g/mol. The first-order valence-corrected chi connectivity index (χ1v) is 9.82. The van der Waals surface area contributed by atoms with Crippen LogP contribution in [-0.2, 0) is 6.42 Å². The summed E-state index contributed by atoms with van der Waals surface area (Å²) in [6, 6.07) is 6.60. The molecule has 1 aromatic rings. The number of unbranched alkanes of at least 4 members (excludes halogenated alkanes) is 5. The second-order valence-corrected chi connectivity index (χ2v) is 7.32. The summed E-state index contributed by atoms with van der Waals surface area (Å²) in [5.41, 5.74) is 2.43. The lowest BCUT2D eigenvalue weighted by Gasteiger charge is -2.08. The predicted octanol–water partition coefficient (Wildman–Crippen LogP) is 6.29. The molecule has 0 aromatic heterocycles. The lowest BCUT2D eigenvalue weighted by atomic mass is 10.0. The maximum absolute atomic E-state index is 4.40. The molecule has 2 rings (SSSR count). The van der Waals surface area contributed by atoms with Crippen LogP contribution in [0.5, 0.6) is 0 Å². The van der Waals surface area contributed by atoms with Gasteiger partial charge in [-0.25, -0.2) is 0 Å². The van der Waals surface area contributed by atoms with Crippen LogP contribution in [-0.4, -0.2) is 18.1 Å². The number of halogens is 1. The van der Waals surface area contributed by atoms with Crippen LogP contribution in [0.15, 0.2) is 28.5 Å². The molecule has 0 spiro atoms. The molecule has 0 N–H and O–H groups in total. The van der Waals surface area contributed by atoms with Crippen molar-refractivity contribution in [3.8, 4) is 0 Å². The molecule has 1 saturated heterocycles. The Balaban J connectivity index is 1.76. The second kappa shape index (κ2) is 10.2. The third kappa shape index (κ3) is 6.23. The molecule has 1 fully saturated rings. The maximum atomic E-state index is 4.40. The van der Waals surface area contributed by atoms with E-state index in [4.69, 9.17) is 0 Å². The number of hydrogen-bond acceptors (Lipinski definition) is 2. The number of hydrogen-bond donors (Lipinski definition) is 0. The molecule has 0 aliphatic carbocycles. The van der Waals surface area contributed by atoms with Gasteiger partial charge in [-0.15, -0.1) is 5.11 Å². The largest absolute Gasteiger partial charge is 0.278 e. The number of nitrogens with zero attached hydrogens (tertiary/aromatic N) is 3. The van der Waals surface area contributed by atoms with Gasteiger partial charge in [-0.1, -0.05) is 50.3 Å². The summed E-state index contributed by atoms with van der Waals surface area (Å²) in [6.07, 6.45) is 11.8. The minimum atomic E-state index is 0.999. The van der Waals surface area contributed by atoms with Gasteiger partial charge >= 0.3 is 0 Å². The van der Waals surface area contributed by atoms with Crippen molar-refractivity contribution in [2.45, 2.75) is 64.7 Å². The van der Waals surface area contributed by atoms with E-state index < -0.39 is 0 Å². The minimum Gasteiger partial charge on any atom is -0.278 e. The van der Waals surface area contributed by atoms with E-state index in [1.807, 2.05) is 0 Å². The van der Waals surface area contributed by atoms with Crippen molar-refractivity contribution in [2.24, 2.45) is 10.3 Å². The molecule has 1 aromatic carbocycles. The average molecular weight is 413 g/mol. The van der Waals surface area contributed by atoms with Crippen LogP contribution < -0.4 is 0 Å². The first-order valence-electron chi connectivity index (χ1n) is 8.74. The van der Waals surface area contributed by atoms with Gasteiger partial charge in [-0.3, -0.25) is 5.01 Å². The molecular formula is C18H28IN3. The zero-order valence-corrected chi connectivity index (χ0v) is 15.9. The van der Waals surface area contributed by atoms with Gasteiger partial charge in [0.2, 0.25) is 0 Å². The van der Waals surface area contributed by atoms with Crippen molar-refractivity contribution in [3.63, 3.8) is 0 Å². The standard InChI is InChI=1S/C18H28IN3/c1-2-3-4-5-6-7-10-16-11-12-18(17(19)15-16)20-21-22-13-8-9-14-22/h11-12,15H,2-10,13-14H2,1H3. The van der Waals surface area contributed by atoms with E-state index in [0.717, 1.165) is 18.8 Å². The van der Waals surface area contributed by atoms with Gasteiger partial charge in [0.1, 0.15) is 5.69 Å². The highest BCUT2D eigenvalue weighted by molar-refractivity contribution is 14.1. The van der Waals surface area contributed by atoms with Crippen molar-refractivity contribution in [3.05, 3.63) is 27.3 Å². The third-order valence-corrected chi connectivity index (χ3v) is 5.06.